The first-order chi connectivity index (χ1) is 8.90. The molecule has 0 saturated carbocycles. The van der Waals surface area contributed by atoms with E-state index in [0.29, 0.717) is 6.54 Å². The molecule has 0 saturated heterocycles. The van der Waals surface area contributed by atoms with E-state index < -0.39 is 12.6 Å². The molecule has 0 bridgehead atoms. The minimum absolute atomic E-state index is 0.0161. The summed E-state index contributed by atoms with van der Waals surface area (Å²) in [5, 5.41) is 3.23. The summed E-state index contributed by atoms with van der Waals surface area (Å²) in [5.74, 6) is 0. The highest BCUT2D eigenvalue weighted by Gasteiger charge is 2.27. The fourth-order valence-corrected chi connectivity index (χ4v) is 1.62. The third-order valence-corrected chi connectivity index (χ3v) is 2.60. The molecule has 1 N–H and O–H groups in total. The highest BCUT2D eigenvalue weighted by molar-refractivity contribution is 5.43. The number of hydrogen-bond donors (Lipinski definition) is 1. The molecule has 0 unspecified atom stereocenters. The van der Waals surface area contributed by atoms with Crippen LogP contribution in [-0.4, -0.2) is 36.2 Å². The summed E-state index contributed by atoms with van der Waals surface area (Å²) in [4.78, 5) is 5.79. The molecule has 0 fully saturated rings. The fraction of sp³-hybridized carbons (Fsp3) is 0.615. The second-order valence-corrected chi connectivity index (χ2v) is 4.57. The predicted octanol–water partition coefficient (Wildman–Crippen LogP) is 3.29. The molecule has 0 aliphatic heterocycles. The average Bonchev–Trinajstić information content (AvgIpc) is 2.33. The minimum atomic E-state index is -4.10. The molecule has 6 heteroatoms. The smallest absolute Gasteiger partial charge is 0.385 e. The van der Waals surface area contributed by atoms with E-state index in [9.17, 15) is 13.2 Å². The number of pyridine rings is 1. The van der Waals surface area contributed by atoms with Crippen molar-refractivity contribution in [3.63, 3.8) is 0 Å². The molecular weight excluding hydrogens is 255 g/mol. The zero-order valence-corrected chi connectivity index (χ0v) is 11.3. The summed E-state index contributed by atoms with van der Waals surface area (Å²) < 4.78 is 36.3. The summed E-state index contributed by atoms with van der Waals surface area (Å²) in [7, 11) is 1.67. The van der Waals surface area contributed by atoms with Crippen LogP contribution in [0.4, 0.5) is 18.9 Å². The number of hydrogen-bond acceptors (Lipinski definition) is 3. The number of nitrogens with zero attached hydrogens (tertiary/aromatic N) is 2. The highest BCUT2D eigenvalue weighted by Crippen LogP contribution is 2.20. The van der Waals surface area contributed by atoms with Gasteiger partial charge in [-0.3, -0.25) is 4.98 Å². The Balaban J connectivity index is 2.47. The molecule has 0 aliphatic rings. The van der Waals surface area contributed by atoms with E-state index in [2.05, 4.69) is 17.2 Å². The lowest BCUT2D eigenvalue weighted by Crippen LogP contribution is -2.24. The molecule has 19 heavy (non-hydrogen) atoms. The normalized spacial score (nSPS) is 11.9. The van der Waals surface area contributed by atoms with Crippen LogP contribution in [0.5, 0.6) is 0 Å². The Morgan fingerprint density at radius 3 is 2.74 bits per heavy atom. The van der Waals surface area contributed by atoms with E-state index >= 15 is 0 Å². The quantitative estimate of drug-likeness (QED) is 0.827. The van der Waals surface area contributed by atoms with E-state index in [0.717, 1.165) is 24.3 Å². The van der Waals surface area contributed by atoms with Gasteiger partial charge in [0.1, 0.15) is 0 Å². The number of aromatic nitrogens is 1. The number of nitrogens with one attached hydrogen (secondary N) is 1. The van der Waals surface area contributed by atoms with Gasteiger partial charge in [-0.25, -0.2) is 0 Å². The van der Waals surface area contributed by atoms with Gasteiger partial charge < -0.3 is 10.2 Å². The zero-order valence-electron chi connectivity index (χ0n) is 11.3. The number of halogens is 3. The second kappa shape index (κ2) is 7.33. The standard InChI is InChI=1S/C13H20F3N3/c1-3-6-17-11-4-7-18-12(9-11)10-19(2)8-5-13(14,15)16/h4,7,9H,3,5-6,8,10H2,1-2H3,(H,17,18). The van der Waals surface area contributed by atoms with Crippen LogP contribution in [0, 0.1) is 0 Å². The highest BCUT2D eigenvalue weighted by atomic mass is 19.4. The van der Waals surface area contributed by atoms with Crippen LogP contribution in [0.2, 0.25) is 0 Å². The fourth-order valence-electron chi connectivity index (χ4n) is 1.62. The Morgan fingerprint density at radius 1 is 1.37 bits per heavy atom. The van der Waals surface area contributed by atoms with Crippen molar-refractivity contribution < 1.29 is 13.2 Å². The van der Waals surface area contributed by atoms with Crippen LogP contribution in [0.15, 0.2) is 18.3 Å². The van der Waals surface area contributed by atoms with Gasteiger partial charge in [-0.15, -0.1) is 0 Å². The topological polar surface area (TPSA) is 28.2 Å². The first kappa shape index (κ1) is 15.8. The molecule has 0 aromatic carbocycles. The lowest BCUT2D eigenvalue weighted by molar-refractivity contribution is -0.137. The molecule has 0 atom stereocenters. The summed E-state index contributed by atoms with van der Waals surface area (Å²) in [6, 6.07) is 3.73. The van der Waals surface area contributed by atoms with Crippen LogP contribution in [0.25, 0.3) is 0 Å². The third kappa shape index (κ3) is 7.00. The van der Waals surface area contributed by atoms with Crippen molar-refractivity contribution in [2.45, 2.75) is 32.5 Å². The Kier molecular flexibility index (Phi) is 6.08. The first-order valence-electron chi connectivity index (χ1n) is 6.35. The van der Waals surface area contributed by atoms with Crippen molar-refractivity contribution in [3.8, 4) is 0 Å². The Hall–Kier alpha value is -1.30. The van der Waals surface area contributed by atoms with E-state index in [1.54, 1.807) is 18.1 Å². The van der Waals surface area contributed by atoms with Crippen LogP contribution < -0.4 is 5.32 Å². The van der Waals surface area contributed by atoms with Crippen molar-refractivity contribution in [2.75, 3.05) is 25.5 Å². The molecule has 1 rings (SSSR count). The van der Waals surface area contributed by atoms with Crippen LogP contribution in [0.3, 0.4) is 0 Å². The van der Waals surface area contributed by atoms with Crippen LogP contribution >= 0.6 is 0 Å². The SMILES string of the molecule is CCCNc1ccnc(CN(C)CCC(F)(F)F)c1. The lowest BCUT2D eigenvalue weighted by Gasteiger charge is -2.17. The van der Waals surface area contributed by atoms with E-state index in [-0.39, 0.29) is 6.54 Å². The van der Waals surface area contributed by atoms with Crippen molar-refractivity contribution in [2.24, 2.45) is 0 Å². The molecule has 0 radical (unpaired) electrons. The first-order valence-corrected chi connectivity index (χ1v) is 6.35. The van der Waals surface area contributed by atoms with Gasteiger partial charge in [0.25, 0.3) is 0 Å². The molecule has 108 valence electrons. The Bertz CT molecular complexity index is 380. The summed E-state index contributed by atoms with van der Waals surface area (Å²) in [6.07, 6.45) is -2.21. The molecule has 0 amide bonds. The van der Waals surface area contributed by atoms with Gasteiger partial charge in [-0.1, -0.05) is 6.92 Å². The Labute approximate surface area is 111 Å². The van der Waals surface area contributed by atoms with Gasteiger partial charge in [0, 0.05) is 31.5 Å². The summed E-state index contributed by atoms with van der Waals surface area (Å²) in [5.41, 5.74) is 1.72. The number of anilines is 1. The van der Waals surface area contributed by atoms with Gasteiger partial charge >= 0.3 is 6.18 Å². The van der Waals surface area contributed by atoms with Crippen LogP contribution in [0.1, 0.15) is 25.5 Å². The largest absolute Gasteiger partial charge is 0.390 e. The lowest BCUT2D eigenvalue weighted by atomic mass is 10.3. The number of alkyl halides is 3. The summed E-state index contributed by atoms with van der Waals surface area (Å²) in [6.45, 7) is 3.34. The predicted molar refractivity (Wildman–Crippen MR) is 70.0 cm³/mol. The van der Waals surface area contributed by atoms with Gasteiger partial charge in [0.2, 0.25) is 0 Å². The maximum absolute atomic E-state index is 12.1. The minimum Gasteiger partial charge on any atom is -0.385 e. The third-order valence-electron chi connectivity index (χ3n) is 2.60. The van der Waals surface area contributed by atoms with Gasteiger partial charge in [-0.05, 0) is 25.6 Å². The maximum atomic E-state index is 12.1. The van der Waals surface area contributed by atoms with E-state index in [1.807, 2.05) is 12.1 Å². The van der Waals surface area contributed by atoms with Crippen molar-refractivity contribution in [1.29, 1.82) is 0 Å². The zero-order chi connectivity index (χ0) is 14.3. The van der Waals surface area contributed by atoms with Gasteiger partial charge in [-0.2, -0.15) is 13.2 Å². The number of rotatable bonds is 7. The molecule has 1 heterocycles. The maximum Gasteiger partial charge on any atom is 0.390 e. The molecular formula is C13H20F3N3. The van der Waals surface area contributed by atoms with E-state index in [1.165, 1.54) is 0 Å². The van der Waals surface area contributed by atoms with Crippen molar-refractivity contribution in [1.82, 2.24) is 9.88 Å². The Morgan fingerprint density at radius 2 is 2.11 bits per heavy atom. The van der Waals surface area contributed by atoms with Crippen molar-refractivity contribution in [3.05, 3.63) is 24.0 Å². The van der Waals surface area contributed by atoms with Gasteiger partial charge in [0.05, 0.1) is 12.1 Å². The monoisotopic (exact) mass is 275 g/mol. The van der Waals surface area contributed by atoms with Gasteiger partial charge in [0.15, 0.2) is 0 Å². The molecule has 0 spiro atoms. The van der Waals surface area contributed by atoms with Crippen LogP contribution in [-0.2, 0) is 6.54 Å². The molecule has 0 aliphatic carbocycles. The molecule has 1 aromatic heterocycles. The van der Waals surface area contributed by atoms with E-state index in [4.69, 9.17) is 0 Å². The summed E-state index contributed by atoms with van der Waals surface area (Å²) >= 11 is 0. The van der Waals surface area contributed by atoms with Crippen molar-refractivity contribution >= 4 is 5.69 Å². The second-order valence-electron chi connectivity index (χ2n) is 4.57. The average molecular weight is 275 g/mol. The molecule has 3 nitrogen and oxygen atoms in total. The molecule has 1 aromatic rings.